The molecule has 2 fully saturated rings. The van der Waals surface area contributed by atoms with Gasteiger partial charge in [0.15, 0.2) is 0 Å². The molecule has 3 rings (SSSR count). The van der Waals surface area contributed by atoms with Crippen molar-refractivity contribution in [2.24, 2.45) is 5.92 Å². The Morgan fingerprint density at radius 1 is 1.16 bits per heavy atom. The lowest BCUT2D eigenvalue weighted by Crippen LogP contribution is -2.39. The Balaban J connectivity index is 1.56. The van der Waals surface area contributed by atoms with Gasteiger partial charge in [-0.2, -0.15) is 0 Å². The maximum atomic E-state index is 12.2. The van der Waals surface area contributed by atoms with Crippen molar-refractivity contribution < 1.29 is 9.53 Å². The molecule has 3 heteroatoms. The molecular formula is C16H21NO2. The number of ether oxygens (including phenoxy) is 1. The highest BCUT2D eigenvalue weighted by molar-refractivity contribution is 5.68. The zero-order chi connectivity index (χ0) is 13.1. The van der Waals surface area contributed by atoms with E-state index in [0.29, 0.717) is 12.6 Å². The zero-order valence-corrected chi connectivity index (χ0v) is 11.3. The SMILES string of the molecule is O=C(OCc1ccccc1)N1CCC2CCCCC21. The highest BCUT2D eigenvalue weighted by atomic mass is 16.6. The van der Waals surface area contributed by atoms with Gasteiger partial charge in [-0.25, -0.2) is 4.79 Å². The Kier molecular flexibility index (Phi) is 3.72. The predicted octanol–water partition coefficient (Wildman–Crippen LogP) is 3.59. The second-order valence-corrected chi connectivity index (χ2v) is 5.63. The molecule has 19 heavy (non-hydrogen) atoms. The van der Waals surface area contributed by atoms with Crippen LogP contribution in [0, 0.1) is 5.92 Å². The fourth-order valence-corrected chi connectivity index (χ4v) is 3.43. The number of amides is 1. The number of hydrogen-bond donors (Lipinski definition) is 0. The molecule has 2 aliphatic rings. The Morgan fingerprint density at radius 3 is 2.79 bits per heavy atom. The number of nitrogens with zero attached hydrogens (tertiary/aromatic N) is 1. The van der Waals surface area contributed by atoms with Crippen LogP contribution < -0.4 is 0 Å². The smallest absolute Gasteiger partial charge is 0.410 e. The molecule has 0 spiro atoms. The summed E-state index contributed by atoms with van der Waals surface area (Å²) >= 11 is 0. The van der Waals surface area contributed by atoms with E-state index in [1.54, 1.807) is 0 Å². The van der Waals surface area contributed by atoms with Crippen molar-refractivity contribution in [1.82, 2.24) is 4.90 Å². The Bertz CT molecular complexity index is 432. The van der Waals surface area contributed by atoms with Gasteiger partial charge in [0.05, 0.1) is 0 Å². The summed E-state index contributed by atoms with van der Waals surface area (Å²) in [6.45, 7) is 1.26. The van der Waals surface area contributed by atoms with Crippen LogP contribution in [0.2, 0.25) is 0 Å². The van der Waals surface area contributed by atoms with Gasteiger partial charge in [0.1, 0.15) is 6.61 Å². The first-order valence-corrected chi connectivity index (χ1v) is 7.32. The van der Waals surface area contributed by atoms with E-state index in [0.717, 1.165) is 30.9 Å². The average molecular weight is 259 g/mol. The Hall–Kier alpha value is -1.51. The molecule has 0 radical (unpaired) electrons. The highest BCUT2D eigenvalue weighted by Gasteiger charge is 2.38. The Morgan fingerprint density at radius 2 is 1.95 bits per heavy atom. The molecule has 1 aromatic carbocycles. The van der Waals surface area contributed by atoms with E-state index in [1.165, 1.54) is 19.3 Å². The molecule has 1 aliphatic carbocycles. The summed E-state index contributed by atoms with van der Waals surface area (Å²) in [6, 6.07) is 10.3. The molecule has 0 bridgehead atoms. The number of carbonyl (C=O) groups excluding carboxylic acids is 1. The maximum Gasteiger partial charge on any atom is 0.410 e. The maximum absolute atomic E-state index is 12.2. The topological polar surface area (TPSA) is 29.5 Å². The summed E-state index contributed by atoms with van der Waals surface area (Å²) < 4.78 is 5.45. The van der Waals surface area contributed by atoms with E-state index in [4.69, 9.17) is 4.74 Å². The number of fused-ring (bicyclic) bond motifs is 1. The van der Waals surface area contributed by atoms with Gasteiger partial charge in [-0.1, -0.05) is 43.2 Å². The van der Waals surface area contributed by atoms with E-state index in [-0.39, 0.29) is 6.09 Å². The second kappa shape index (κ2) is 5.64. The third-order valence-corrected chi connectivity index (χ3v) is 4.45. The number of hydrogen-bond acceptors (Lipinski definition) is 2. The zero-order valence-electron chi connectivity index (χ0n) is 11.3. The fourth-order valence-electron chi connectivity index (χ4n) is 3.43. The van der Waals surface area contributed by atoms with Crippen molar-refractivity contribution in [3.05, 3.63) is 35.9 Å². The molecule has 2 unspecified atom stereocenters. The van der Waals surface area contributed by atoms with Crippen molar-refractivity contribution in [3.63, 3.8) is 0 Å². The number of likely N-dealkylation sites (tertiary alicyclic amines) is 1. The first-order valence-electron chi connectivity index (χ1n) is 7.32. The molecule has 0 N–H and O–H groups in total. The van der Waals surface area contributed by atoms with Gasteiger partial charge in [-0.05, 0) is 30.7 Å². The van der Waals surface area contributed by atoms with E-state index in [1.807, 2.05) is 35.2 Å². The molecule has 0 aromatic heterocycles. The molecule has 3 nitrogen and oxygen atoms in total. The summed E-state index contributed by atoms with van der Waals surface area (Å²) in [7, 11) is 0. The van der Waals surface area contributed by atoms with Gasteiger partial charge in [-0.3, -0.25) is 0 Å². The lowest BCUT2D eigenvalue weighted by molar-refractivity contribution is 0.0823. The van der Waals surface area contributed by atoms with Crippen LogP contribution in [0.3, 0.4) is 0 Å². The molecule has 1 heterocycles. The van der Waals surface area contributed by atoms with Crippen molar-refractivity contribution in [2.45, 2.75) is 44.8 Å². The molecule has 2 atom stereocenters. The summed E-state index contributed by atoms with van der Waals surface area (Å²) in [5.74, 6) is 0.720. The van der Waals surface area contributed by atoms with Gasteiger partial charge in [0.2, 0.25) is 0 Å². The van der Waals surface area contributed by atoms with E-state index < -0.39 is 0 Å². The minimum absolute atomic E-state index is 0.127. The highest BCUT2D eigenvalue weighted by Crippen LogP contribution is 2.36. The van der Waals surface area contributed by atoms with Crippen LogP contribution in [0.1, 0.15) is 37.7 Å². The third kappa shape index (κ3) is 2.75. The van der Waals surface area contributed by atoms with Crippen molar-refractivity contribution in [1.29, 1.82) is 0 Å². The second-order valence-electron chi connectivity index (χ2n) is 5.63. The van der Waals surface area contributed by atoms with Crippen LogP contribution in [0.15, 0.2) is 30.3 Å². The van der Waals surface area contributed by atoms with Gasteiger partial charge in [0, 0.05) is 12.6 Å². The minimum Gasteiger partial charge on any atom is -0.445 e. The minimum atomic E-state index is -0.127. The summed E-state index contributed by atoms with van der Waals surface area (Å²) in [6.07, 6.45) is 6.05. The molecule has 102 valence electrons. The molecule has 1 amide bonds. The number of benzene rings is 1. The van der Waals surface area contributed by atoms with Gasteiger partial charge in [-0.15, -0.1) is 0 Å². The molecule has 1 saturated carbocycles. The van der Waals surface area contributed by atoms with Crippen LogP contribution in [0.5, 0.6) is 0 Å². The molecule has 1 aliphatic heterocycles. The molecule has 1 saturated heterocycles. The number of rotatable bonds is 2. The summed E-state index contributed by atoms with van der Waals surface area (Å²) in [4.78, 5) is 14.1. The Labute approximate surface area is 114 Å². The summed E-state index contributed by atoms with van der Waals surface area (Å²) in [5.41, 5.74) is 1.05. The van der Waals surface area contributed by atoms with Crippen LogP contribution in [-0.2, 0) is 11.3 Å². The normalized spacial score (nSPS) is 26.0. The largest absolute Gasteiger partial charge is 0.445 e. The lowest BCUT2D eigenvalue weighted by Gasteiger charge is -2.30. The van der Waals surface area contributed by atoms with Crippen LogP contribution in [0.4, 0.5) is 4.79 Å². The van der Waals surface area contributed by atoms with Crippen LogP contribution in [-0.4, -0.2) is 23.6 Å². The summed E-state index contributed by atoms with van der Waals surface area (Å²) in [5, 5.41) is 0. The van der Waals surface area contributed by atoms with E-state index >= 15 is 0 Å². The van der Waals surface area contributed by atoms with Gasteiger partial charge >= 0.3 is 6.09 Å². The van der Waals surface area contributed by atoms with E-state index in [9.17, 15) is 4.79 Å². The van der Waals surface area contributed by atoms with Crippen LogP contribution in [0.25, 0.3) is 0 Å². The van der Waals surface area contributed by atoms with Gasteiger partial charge in [0.25, 0.3) is 0 Å². The van der Waals surface area contributed by atoms with Crippen molar-refractivity contribution in [3.8, 4) is 0 Å². The third-order valence-electron chi connectivity index (χ3n) is 4.45. The molecular weight excluding hydrogens is 238 g/mol. The quantitative estimate of drug-likeness (QED) is 0.812. The fraction of sp³-hybridized carbons (Fsp3) is 0.562. The van der Waals surface area contributed by atoms with Crippen molar-refractivity contribution in [2.75, 3.05) is 6.54 Å². The average Bonchev–Trinajstić information content (AvgIpc) is 2.90. The standard InChI is InChI=1S/C16H21NO2/c18-16(19-12-13-6-2-1-3-7-13)17-11-10-14-8-4-5-9-15(14)17/h1-3,6-7,14-15H,4-5,8-12H2. The van der Waals surface area contributed by atoms with Crippen molar-refractivity contribution >= 4 is 6.09 Å². The van der Waals surface area contributed by atoms with E-state index in [2.05, 4.69) is 0 Å². The van der Waals surface area contributed by atoms with Crippen LogP contribution >= 0.6 is 0 Å². The molecule has 1 aromatic rings. The monoisotopic (exact) mass is 259 g/mol. The number of carbonyl (C=O) groups is 1. The first-order chi connectivity index (χ1) is 9.34. The predicted molar refractivity (Wildman–Crippen MR) is 73.7 cm³/mol. The van der Waals surface area contributed by atoms with Gasteiger partial charge < -0.3 is 9.64 Å². The first kappa shape index (κ1) is 12.5. The lowest BCUT2D eigenvalue weighted by atomic mass is 9.85.